The van der Waals surface area contributed by atoms with Crippen molar-refractivity contribution < 1.29 is 9.59 Å². The van der Waals surface area contributed by atoms with E-state index in [4.69, 9.17) is 0 Å². The van der Waals surface area contributed by atoms with Gasteiger partial charge in [0, 0.05) is 38.6 Å². The van der Waals surface area contributed by atoms with Gasteiger partial charge in [0.2, 0.25) is 11.8 Å². The molecule has 0 spiro atoms. The van der Waals surface area contributed by atoms with Crippen molar-refractivity contribution in [3.8, 4) is 0 Å². The summed E-state index contributed by atoms with van der Waals surface area (Å²) in [7, 11) is 1.67. The molecule has 3 unspecified atom stereocenters. The van der Waals surface area contributed by atoms with Gasteiger partial charge in [-0.25, -0.2) is 0 Å². The highest BCUT2D eigenvalue weighted by Gasteiger charge is 2.35. The molecule has 3 atom stereocenters. The second kappa shape index (κ2) is 7.64. The Kier molecular flexibility index (Phi) is 6.09. The topological polar surface area (TPSA) is 61.4 Å². The van der Waals surface area contributed by atoms with Gasteiger partial charge < -0.3 is 15.5 Å². The molecular formula is C16H28ClN3O2. The lowest BCUT2D eigenvalue weighted by Gasteiger charge is -2.34. The van der Waals surface area contributed by atoms with Crippen molar-refractivity contribution in [2.75, 3.05) is 20.1 Å². The molecule has 0 aromatic heterocycles. The van der Waals surface area contributed by atoms with Crippen molar-refractivity contribution >= 4 is 24.2 Å². The minimum atomic E-state index is -0.0168. The van der Waals surface area contributed by atoms with Crippen LogP contribution in [0.25, 0.3) is 0 Å². The fraction of sp³-hybridized carbons (Fsp3) is 0.875. The predicted molar refractivity (Wildman–Crippen MR) is 87.9 cm³/mol. The Labute approximate surface area is 139 Å². The SMILES string of the molecule is CNC(=O)C1CCCN(C(=O)CC2CC3CCC(C2)N3)C1.Cl. The molecule has 3 fully saturated rings. The number of hydrogen-bond acceptors (Lipinski definition) is 3. The summed E-state index contributed by atoms with van der Waals surface area (Å²) in [5.74, 6) is 0.857. The highest BCUT2D eigenvalue weighted by Crippen LogP contribution is 2.33. The molecule has 3 saturated heterocycles. The number of carbonyl (C=O) groups excluding carboxylic acids is 2. The number of nitrogens with one attached hydrogen (secondary N) is 2. The van der Waals surface area contributed by atoms with E-state index in [2.05, 4.69) is 10.6 Å². The van der Waals surface area contributed by atoms with Crippen LogP contribution in [-0.4, -0.2) is 48.9 Å². The molecule has 0 radical (unpaired) electrons. The van der Waals surface area contributed by atoms with Crippen LogP contribution in [0, 0.1) is 11.8 Å². The molecule has 0 aromatic carbocycles. The Morgan fingerprint density at radius 1 is 1.18 bits per heavy atom. The summed E-state index contributed by atoms with van der Waals surface area (Å²) in [5.41, 5.74) is 0. The monoisotopic (exact) mass is 329 g/mol. The lowest BCUT2D eigenvalue weighted by Crippen LogP contribution is -2.46. The van der Waals surface area contributed by atoms with Crippen molar-refractivity contribution in [1.29, 1.82) is 0 Å². The molecule has 0 aromatic rings. The molecule has 22 heavy (non-hydrogen) atoms. The molecule has 0 saturated carbocycles. The average molecular weight is 330 g/mol. The summed E-state index contributed by atoms with van der Waals surface area (Å²) in [5, 5.41) is 6.34. The molecule has 2 N–H and O–H groups in total. The standard InChI is InChI=1S/C16H27N3O2.ClH/c1-17-16(21)12-3-2-6-19(10-12)15(20)9-11-7-13-4-5-14(8-11)18-13;/h11-14,18H,2-10H2,1H3,(H,17,21);1H. The van der Waals surface area contributed by atoms with E-state index in [0.29, 0.717) is 31.0 Å². The van der Waals surface area contributed by atoms with Crippen molar-refractivity contribution in [2.45, 2.75) is 57.0 Å². The van der Waals surface area contributed by atoms with Gasteiger partial charge in [-0.15, -0.1) is 12.4 Å². The van der Waals surface area contributed by atoms with Gasteiger partial charge in [-0.1, -0.05) is 0 Å². The average Bonchev–Trinajstić information content (AvgIpc) is 2.85. The predicted octanol–water partition coefficient (Wildman–Crippen LogP) is 1.31. The van der Waals surface area contributed by atoms with E-state index in [-0.39, 0.29) is 30.1 Å². The molecule has 2 amide bonds. The Hall–Kier alpha value is -0.810. The van der Waals surface area contributed by atoms with Crippen molar-refractivity contribution in [3.05, 3.63) is 0 Å². The van der Waals surface area contributed by atoms with Gasteiger partial charge in [0.15, 0.2) is 0 Å². The first-order valence-electron chi connectivity index (χ1n) is 8.41. The summed E-state index contributed by atoms with van der Waals surface area (Å²) in [6, 6.07) is 1.28. The zero-order chi connectivity index (χ0) is 14.8. The molecule has 2 bridgehead atoms. The molecule has 3 heterocycles. The van der Waals surface area contributed by atoms with E-state index in [9.17, 15) is 9.59 Å². The van der Waals surface area contributed by atoms with E-state index in [0.717, 1.165) is 32.2 Å². The number of nitrogens with zero attached hydrogens (tertiary/aromatic N) is 1. The van der Waals surface area contributed by atoms with E-state index in [1.165, 1.54) is 12.8 Å². The Balaban J connectivity index is 0.00000176. The third-order valence-corrected chi connectivity index (χ3v) is 5.43. The third kappa shape index (κ3) is 3.93. The van der Waals surface area contributed by atoms with Crippen LogP contribution in [-0.2, 0) is 9.59 Å². The van der Waals surface area contributed by atoms with E-state index < -0.39 is 0 Å². The molecule has 126 valence electrons. The maximum atomic E-state index is 12.5. The van der Waals surface area contributed by atoms with Gasteiger partial charge in [0.1, 0.15) is 0 Å². The highest BCUT2D eigenvalue weighted by atomic mass is 35.5. The van der Waals surface area contributed by atoms with Crippen LogP contribution >= 0.6 is 12.4 Å². The largest absolute Gasteiger partial charge is 0.359 e. The molecule has 0 aliphatic carbocycles. The maximum Gasteiger partial charge on any atom is 0.224 e. The first-order valence-corrected chi connectivity index (χ1v) is 8.41. The van der Waals surface area contributed by atoms with E-state index in [1.54, 1.807) is 7.05 Å². The second-order valence-electron chi connectivity index (χ2n) is 6.97. The van der Waals surface area contributed by atoms with Crippen LogP contribution < -0.4 is 10.6 Å². The first kappa shape index (κ1) is 17.5. The zero-order valence-electron chi connectivity index (χ0n) is 13.3. The number of fused-ring (bicyclic) bond motifs is 2. The van der Waals surface area contributed by atoms with Gasteiger partial charge >= 0.3 is 0 Å². The van der Waals surface area contributed by atoms with E-state index in [1.807, 2.05) is 4.90 Å². The molecule has 6 heteroatoms. The Morgan fingerprint density at radius 2 is 1.86 bits per heavy atom. The van der Waals surface area contributed by atoms with Crippen molar-refractivity contribution in [1.82, 2.24) is 15.5 Å². The fourth-order valence-corrected chi connectivity index (χ4v) is 4.34. The number of rotatable bonds is 3. The van der Waals surface area contributed by atoms with Gasteiger partial charge in [-0.2, -0.15) is 0 Å². The number of amides is 2. The normalized spacial score (nSPS) is 34.0. The second-order valence-corrected chi connectivity index (χ2v) is 6.97. The quantitative estimate of drug-likeness (QED) is 0.821. The van der Waals surface area contributed by atoms with Crippen LogP contribution in [0.3, 0.4) is 0 Å². The maximum absolute atomic E-state index is 12.5. The third-order valence-electron chi connectivity index (χ3n) is 5.43. The van der Waals surface area contributed by atoms with Crippen LogP contribution in [0.4, 0.5) is 0 Å². The van der Waals surface area contributed by atoms with Crippen molar-refractivity contribution in [2.24, 2.45) is 11.8 Å². The summed E-state index contributed by atoms with van der Waals surface area (Å²) in [4.78, 5) is 26.2. The molecule has 3 aliphatic heterocycles. The molecular weight excluding hydrogens is 302 g/mol. The van der Waals surface area contributed by atoms with Crippen LogP contribution in [0.5, 0.6) is 0 Å². The Morgan fingerprint density at radius 3 is 2.50 bits per heavy atom. The highest BCUT2D eigenvalue weighted by molar-refractivity contribution is 5.85. The van der Waals surface area contributed by atoms with Crippen LogP contribution in [0.1, 0.15) is 44.9 Å². The van der Waals surface area contributed by atoms with Gasteiger partial charge in [0.25, 0.3) is 0 Å². The van der Waals surface area contributed by atoms with Gasteiger partial charge in [0.05, 0.1) is 5.92 Å². The fourth-order valence-electron chi connectivity index (χ4n) is 4.34. The van der Waals surface area contributed by atoms with Gasteiger partial charge in [-0.3, -0.25) is 9.59 Å². The summed E-state index contributed by atoms with van der Waals surface area (Å²) in [6.45, 7) is 1.43. The molecule has 3 aliphatic rings. The van der Waals surface area contributed by atoms with Gasteiger partial charge in [-0.05, 0) is 44.4 Å². The minimum absolute atomic E-state index is 0. The minimum Gasteiger partial charge on any atom is -0.359 e. The number of halogens is 1. The number of likely N-dealkylation sites (tertiary alicyclic amines) is 1. The smallest absolute Gasteiger partial charge is 0.224 e. The van der Waals surface area contributed by atoms with E-state index >= 15 is 0 Å². The number of carbonyl (C=O) groups is 2. The van der Waals surface area contributed by atoms with Crippen molar-refractivity contribution in [3.63, 3.8) is 0 Å². The molecule has 3 rings (SSSR count). The lowest BCUT2D eigenvalue weighted by atomic mass is 9.88. The number of piperidine rings is 2. The number of hydrogen-bond donors (Lipinski definition) is 2. The molecule has 5 nitrogen and oxygen atoms in total. The van der Waals surface area contributed by atoms with Crippen LogP contribution in [0.15, 0.2) is 0 Å². The Bertz CT molecular complexity index is 406. The summed E-state index contributed by atoms with van der Waals surface area (Å²) in [6.07, 6.45) is 7.37. The summed E-state index contributed by atoms with van der Waals surface area (Å²) < 4.78 is 0. The lowest BCUT2D eigenvalue weighted by molar-refractivity contribution is -0.136. The zero-order valence-corrected chi connectivity index (χ0v) is 14.2. The first-order chi connectivity index (χ1) is 10.2. The summed E-state index contributed by atoms with van der Waals surface area (Å²) >= 11 is 0. The van der Waals surface area contributed by atoms with Crippen LogP contribution in [0.2, 0.25) is 0 Å².